The molecule has 0 aliphatic carbocycles. The summed E-state index contributed by atoms with van der Waals surface area (Å²) in [5, 5.41) is 7.10. The lowest BCUT2D eigenvalue weighted by molar-refractivity contribution is -0.127. The van der Waals surface area contributed by atoms with Crippen molar-refractivity contribution in [3.05, 3.63) is 42.6 Å². The van der Waals surface area contributed by atoms with E-state index in [1.54, 1.807) is 23.9 Å². The molecule has 0 fully saturated rings. The van der Waals surface area contributed by atoms with Gasteiger partial charge in [0.1, 0.15) is 0 Å². The Balaban J connectivity index is 2.01. The van der Waals surface area contributed by atoms with Crippen molar-refractivity contribution in [3.8, 4) is 11.6 Å². The summed E-state index contributed by atoms with van der Waals surface area (Å²) in [7, 11) is 0. The molecule has 2 rings (SSSR count). The summed E-state index contributed by atoms with van der Waals surface area (Å²) in [5.74, 6) is 0.287. The summed E-state index contributed by atoms with van der Waals surface area (Å²) in [6, 6.07) is 11.6. The molecule has 20 heavy (non-hydrogen) atoms. The number of aromatic nitrogens is 2. The topological polar surface area (TPSA) is 56.1 Å². The smallest absolute Gasteiger partial charge is 0.261 e. The van der Waals surface area contributed by atoms with Crippen LogP contribution >= 0.6 is 0 Å². The maximum Gasteiger partial charge on any atom is 0.261 e. The molecule has 0 radical (unpaired) electrons. The fourth-order valence-corrected chi connectivity index (χ4v) is 1.73. The molecule has 1 amide bonds. The molecule has 106 valence electrons. The number of benzene rings is 1. The van der Waals surface area contributed by atoms with Crippen LogP contribution in [-0.2, 0) is 4.79 Å². The van der Waals surface area contributed by atoms with Crippen LogP contribution in [0.3, 0.4) is 0 Å². The SMILES string of the molecule is CC(C)NC(=O)[C@@H](C)Oc1ccn(-c2ccccc2)n1. The Hall–Kier alpha value is -2.30. The number of nitrogens with one attached hydrogen (secondary N) is 1. The van der Waals surface area contributed by atoms with Gasteiger partial charge in [-0.3, -0.25) is 4.79 Å². The third-order valence-electron chi connectivity index (χ3n) is 2.68. The second kappa shape index (κ2) is 6.23. The van der Waals surface area contributed by atoms with Crippen LogP contribution in [0.1, 0.15) is 20.8 Å². The van der Waals surface area contributed by atoms with E-state index in [1.807, 2.05) is 44.2 Å². The lowest BCUT2D eigenvalue weighted by Gasteiger charge is -2.14. The number of hydrogen-bond donors (Lipinski definition) is 1. The molecule has 5 heteroatoms. The Morgan fingerprint density at radius 1 is 1.20 bits per heavy atom. The zero-order valence-electron chi connectivity index (χ0n) is 11.9. The molecule has 0 saturated heterocycles. The zero-order valence-corrected chi connectivity index (χ0v) is 11.9. The average Bonchev–Trinajstić information content (AvgIpc) is 2.87. The van der Waals surface area contributed by atoms with E-state index in [4.69, 9.17) is 4.74 Å². The van der Waals surface area contributed by atoms with Gasteiger partial charge in [-0.2, -0.15) is 0 Å². The number of carbonyl (C=O) groups excluding carboxylic acids is 1. The highest BCUT2D eigenvalue weighted by atomic mass is 16.5. The fourth-order valence-electron chi connectivity index (χ4n) is 1.73. The highest BCUT2D eigenvalue weighted by Crippen LogP contribution is 2.13. The van der Waals surface area contributed by atoms with Gasteiger partial charge in [-0.05, 0) is 32.9 Å². The fraction of sp³-hybridized carbons (Fsp3) is 0.333. The number of para-hydroxylation sites is 1. The van der Waals surface area contributed by atoms with Crippen molar-refractivity contribution in [3.63, 3.8) is 0 Å². The van der Waals surface area contributed by atoms with Gasteiger partial charge in [0.05, 0.1) is 5.69 Å². The summed E-state index contributed by atoms with van der Waals surface area (Å²) < 4.78 is 7.25. The first-order valence-electron chi connectivity index (χ1n) is 6.64. The van der Waals surface area contributed by atoms with Gasteiger partial charge in [-0.25, -0.2) is 4.68 Å². The molecule has 0 spiro atoms. The van der Waals surface area contributed by atoms with Gasteiger partial charge >= 0.3 is 0 Å². The molecule has 0 unspecified atom stereocenters. The molecule has 1 aromatic heterocycles. The van der Waals surface area contributed by atoms with E-state index in [1.165, 1.54) is 0 Å². The van der Waals surface area contributed by atoms with Crippen molar-refractivity contribution in [2.24, 2.45) is 0 Å². The molecule has 5 nitrogen and oxygen atoms in total. The molecule has 2 aromatic rings. The molecular formula is C15H19N3O2. The molecule has 1 atom stereocenters. The van der Waals surface area contributed by atoms with Crippen LogP contribution in [0.2, 0.25) is 0 Å². The van der Waals surface area contributed by atoms with Gasteiger partial charge in [-0.15, -0.1) is 5.10 Å². The third kappa shape index (κ3) is 3.60. The molecule has 1 heterocycles. The van der Waals surface area contributed by atoms with Crippen LogP contribution in [-0.4, -0.2) is 27.8 Å². The lowest BCUT2D eigenvalue weighted by Crippen LogP contribution is -2.40. The summed E-state index contributed by atoms with van der Waals surface area (Å²) in [6.07, 6.45) is 1.23. The Morgan fingerprint density at radius 3 is 2.55 bits per heavy atom. The monoisotopic (exact) mass is 273 g/mol. The molecular weight excluding hydrogens is 254 g/mol. The highest BCUT2D eigenvalue weighted by Gasteiger charge is 2.16. The van der Waals surface area contributed by atoms with E-state index in [9.17, 15) is 4.79 Å². The lowest BCUT2D eigenvalue weighted by atomic mass is 10.3. The first-order chi connectivity index (χ1) is 9.56. The van der Waals surface area contributed by atoms with Gasteiger partial charge < -0.3 is 10.1 Å². The van der Waals surface area contributed by atoms with Gasteiger partial charge in [-0.1, -0.05) is 18.2 Å². The number of nitrogens with zero attached hydrogens (tertiary/aromatic N) is 2. The quantitative estimate of drug-likeness (QED) is 0.908. The highest BCUT2D eigenvalue weighted by molar-refractivity contribution is 5.80. The predicted molar refractivity (Wildman–Crippen MR) is 76.9 cm³/mol. The normalized spacial score (nSPS) is 12.2. The minimum absolute atomic E-state index is 0.0930. The van der Waals surface area contributed by atoms with Crippen LogP contribution < -0.4 is 10.1 Å². The van der Waals surface area contributed by atoms with Gasteiger partial charge in [0, 0.05) is 18.3 Å². The zero-order chi connectivity index (χ0) is 14.5. The van der Waals surface area contributed by atoms with Crippen molar-refractivity contribution in [1.82, 2.24) is 15.1 Å². The number of ether oxygens (including phenoxy) is 1. The van der Waals surface area contributed by atoms with Crippen LogP contribution in [0.25, 0.3) is 5.69 Å². The van der Waals surface area contributed by atoms with Crippen molar-refractivity contribution in [2.45, 2.75) is 32.9 Å². The predicted octanol–water partition coefficient (Wildman–Crippen LogP) is 2.16. The third-order valence-corrected chi connectivity index (χ3v) is 2.68. The Bertz CT molecular complexity index is 564. The Morgan fingerprint density at radius 2 is 1.90 bits per heavy atom. The van der Waals surface area contributed by atoms with Crippen LogP contribution in [0.15, 0.2) is 42.6 Å². The van der Waals surface area contributed by atoms with Gasteiger partial charge in [0.25, 0.3) is 5.91 Å². The van der Waals surface area contributed by atoms with E-state index in [-0.39, 0.29) is 11.9 Å². The number of carbonyl (C=O) groups is 1. The Kier molecular flexibility index (Phi) is 4.40. The first-order valence-corrected chi connectivity index (χ1v) is 6.64. The van der Waals surface area contributed by atoms with Crippen LogP contribution in [0.5, 0.6) is 5.88 Å². The van der Waals surface area contributed by atoms with E-state index in [0.717, 1.165) is 5.69 Å². The second-order valence-electron chi connectivity index (χ2n) is 4.86. The van der Waals surface area contributed by atoms with E-state index >= 15 is 0 Å². The number of amides is 1. The van der Waals surface area contributed by atoms with E-state index < -0.39 is 6.10 Å². The summed E-state index contributed by atoms with van der Waals surface area (Å²) in [6.45, 7) is 5.53. The molecule has 0 aliphatic rings. The minimum Gasteiger partial charge on any atom is -0.463 e. The van der Waals surface area contributed by atoms with Gasteiger partial charge in [0.2, 0.25) is 5.88 Å². The molecule has 1 N–H and O–H groups in total. The first kappa shape index (κ1) is 14.1. The van der Waals surface area contributed by atoms with Crippen molar-refractivity contribution in [1.29, 1.82) is 0 Å². The van der Waals surface area contributed by atoms with Crippen molar-refractivity contribution in [2.75, 3.05) is 0 Å². The van der Waals surface area contributed by atoms with Gasteiger partial charge in [0.15, 0.2) is 6.10 Å². The van der Waals surface area contributed by atoms with Crippen LogP contribution in [0.4, 0.5) is 0 Å². The maximum atomic E-state index is 11.8. The van der Waals surface area contributed by atoms with E-state index in [2.05, 4.69) is 10.4 Å². The molecule has 0 bridgehead atoms. The van der Waals surface area contributed by atoms with Crippen molar-refractivity contribution < 1.29 is 9.53 Å². The maximum absolute atomic E-state index is 11.8. The van der Waals surface area contributed by atoms with E-state index in [0.29, 0.717) is 5.88 Å². The van der Waals surface area contributed by atoms with Crippen LogP contribution in [0, 0.1) is 0 Å². The second-order valence-corrected chi connectivity index (χ2v) is 4.86. The summed E-state index contributed by atoms with van der Waals surface area (Å²) in [5.41, 5.74) is 0.946. The summed E-state index contributed by atoms with van der Waals surface area (Å²) >= 11 is 0. The molecule has 1 aromatic carbocycles. The largest absolute Gasteiger partial charge is 0.463 e. The van der Waals surface area contributed by atoms with Crippen molar-refractivity contribution >= 4 is 5.91 Å². The molecule has 0 aliphatic heterocycles. The minimum atomic E-state index is -0.573. The number of rotatable bonds is 5. The summed E-state index contributed by atoms with van der Waals surface area (Å²) in [4.78, 5) is 11.8. The standard InChI is InChI=1S/C15H19N3O2/c1-11(2)16-15(19)12(3)20-14-9-10-18(17-14)13-7-5-4-6-8-13/h4-12H,1-3H3,(H,16,19)/t12-/m1/s1. The number of hydrogen-bond acceptors (Lipinski definition) is 3. The molecule has 0 saturated carbocycles. The Labute approximate surface area is 118 Å². The average molecular weight is 273 g/mol.